The molecule has 0 heterocycles. The summed E-state index contributed by atoms with van der Waals surface area (Å²) in [6.45, 7) is 2.52. The third-order valence-electron chi connectivity index (χ3n) is 3.76. The van der Waals surface area contributed by atoms with E-state index in [2.05, 4.69) is 20.7 Å². The highest BCUT2D eigenvalue weighted by molar-refractivity contribution is 5.75. The first kappa shape index (κ1) is 17.5. The fourth-order valence-electron chi connectivity index (χ4n) is 2.57. The molecule has 0 saturated heterocycles. The quantitative estimate of drug-likeness (QED) is 0.687. The van der Waals surface area contributed by atoms with Crippen molar-refractivity contribution < 1.29 is 18.3 Å². The van der Waals surface area contributed by atoms with Crippen LogP contribution in [0.5, 0.6) is 5.75 Å². The number of carbonyl (C=O) groups is 1. The van der Waals surface area contributed by atoms with Gasteiger partial charge in [-0.3, -0.25) is 0 Å². The van der Waals surface area contributed by atoms with Gasteiger partial charge in [0.15, 0.2) is 0 Å². The van der Waals surface area contributed by atoms with Gasteiger partial charge in [0.25, 0.3) is 0 Å². The zero-order chi connectivity index (χ0) is 16.8. The van der Waals surface area contributed by atoms with Crippen LogP contribution in [0.3, 0.4) is 0 Å². The molecule has 1 aliphatic carbocycles. The molecular weight excluding hydrogens is 304 g/mol. The summed E-state index contributed by atoms with van der Waals surface area (Å²) >= 11 is 0. The molecule has 23 heavy (non-hydrogen) atoms. The van der Waals surface area contributed by atoms with Crippen LogP contribution in [-0.2, 0) is 0 Å². The van der Waals surface area contributed by atoms with Gasteiger partial charge >= 0.3 is 12.6 Å². The van der Waals surface area contributed by atoms with Crippen LogP contribution in [0.2, 0.25) is 0 Å². The van der Waals surface area contributed by atoms with E-state index in [1.807, 2.05) is 13.8 Å². The topological polar surface area (TPSA) is 62.4 Å². The van der Waals surface area contributed by atoms with Gasteiger partial charge in [-0.05, 0) is 31.5 Å². The van der Waals surface area contributed by atoms with Gasteiger partial charge in [-0.15, -0.1) is 0 Å². The SMILES string of the molecule is CCN[C@H](C)CNC(=O)N[C@H]1C[C@@H]1c1ccccc1OC(F)F. The van der Waals surface area contributed by atoms with Gasteiger partial charge in [-0.2, -0.15) is 8.78 Å². The maximum absolute atomic E-state index is 12.4. The third kappa shape index (κ3) is 5.35. The number of hydrogen-bond donors (Lipinski definition) is 3. The van der Waals surface area contributed by atoms with Crippen molar-refractivity contribution in [3.05, 3.63) is 29.8 Å². The van der Waals surface area contributed by atoms with Crippen molar-refractivity contribution in [2.75, 3.05) is 13.1 Å². The van der Waals surface area contributed by atoms with Crippen LogP contribution >= 0.6 is 0 Å². The largest absolute Gasteiger partial charge is 0.435 e. The number of rotatable bonds is 8. The van der Waals surface area contributed by atoms with Gasteiger partial charge in [-0.25, -0.2) is 4.79 Å². The minimum atomic E-state index is -2.85. The number of nitrogens with one attached hydrogen (secondary N) is 3. The summed E-state index contributed by atoms with van der Waals surface area (Å²) in [5.74, 6) is 0.194. The van der Waals surface area contributed by atoms with Gasteiger partial charge in [0.2, 0.25) is 0 Å². The minimum Gasteiger partial charge on any atom is -0.435 e. The van der Waals surface area contributed by atoms with E-state index in [1.54, 1.807) is 18.2 Å². The van der Waals surface area contributed by atoms with Crippen LogP contribution in [0, 0.1) is 0 Å². The van der Waals surface area contributed by atoms with E-state index in [9.17, 15) is 13.6 Å². The first-order valence-corrected chi connectivity index (χ1v) is 7.82. The highest BCUT2D eigenvalue weighted by Crippen LogP contribution is 2.44. The molecule has 0 radical (unpaired) electrons. The number of alkyl halides is 2. The molecule has 2 amide bonds. The molecule has 1 aliphatic rings. The fraction of sp³-hybridized carbons (Fsp3) is 0.562. The Kier molecular flexibility index (Phi) is 6.15. The predicted molar refractivity (Wildman–Crippen MR) is 83.9 cm³/mol. The lowest BCUT2D eigenvalue weighted by Gasteiger charge is -2.14. The molecule has 1 aromatic rings. The van der Waals surface area contributed by atoms with Gasteiger partial charge in [0, 0.05) is 24.5 Å². The maximum Gasteiger partial charge on any atom is 0.387 e. The molecule has 2 rings (SSSR count). The fourth-order valence-corrected chi connectivity index (χ4v) is 2.57. The highest BCUT2D eigenvalue weighted by atomic mass is 19.3. The Morgan fingerprint density at radius 1 is 1.39 bits per heavy atom. The Bertz CT molecular complexity index is 528. The van der Waals surface area contributed by atoms with Gasteiger partial charge in [0.05, 0.1) is 0 Å². The maximum atomic E-state index is 12.4. The van der Waals surface area contributed by atoms with E-state index in [4.69, 9.17) is 0 Å². The lowest BCUT2D eigenvalue weighted by molar-refractivity contribution is -0.0504. The van der Waals surface area contributed by atoms with Crippen LogP contribution in [0.15, 0.2) is 24.3 Å². The first-order chi connectivity index (χ1) is 11.0. The van der Waals surface area contributed by atoms with Crippen LogP contribution in [-0.4, -0.2) is 37.8 Å². The molecule has 1 aromatic carbocycles. The van der Waals surface area contributed by atoms with E-state index in [1.165, 1.54) is 6.07 Å². The van der Waals surface area contributed by atoms with Crippen molar-refractivity contribution in [1.29, 1.82) is 0 Å². The summed E-state index contributed by atoms with van der Waals surface area (Å²) in [6.07, 6.45) is 0.722. The molecule has 1 fully saturated rings. The van der Waals surface area contributed by atoms with Crippen molar-refractivity contribution in [2.45, 2.75) is 44.9 Å². The summed E-state index contributed by atoms with van der Waals surface area (Å²) in [4.78, 5) is 11.8. The van der Waals surface area contributed by atoms with Crippen LogP contribution in [0.1, 0.15) is 31.7 Å². The van der Waals surface area contributed by atoms with Crippen molar-refractivity contribution in [3.8, 4) is 5.75 Å². The number of urea groups is 1. The van der Waals surface area contributed by atoms with Gasteiger partial charge < -0.3 is 20.7 Å². The van der Waals surface area contributed by atoms with Gasteiger partial charge in [0.1, 0.15) is 5.75 Å². The number of carbonyl (C=O) groups excluding carboxylic acids is 1. The number of benzene rings is 1. The predicted octanol–water partition coefficient (Wildman–Crippen LogP) is 2.44. The van der Waals surface area contributed by atoms with Crippen LogP contribution in [0.25, 0.3) is 0 Å². The van der Waals surface area contributed by atoms with E-state index in [-0.39, 0.29) is 29.8 Å². The zero-order valence-corrected chi connectivity index (χ0v) is 13.3. The molecule has 3 atom stereocenters. The Labute approximate surface area is 134 Å². The molecule has 128 valence electrons. The standard InChI is InChI=1S/C16H23F2N3O2/c1-3-19-10(2)9-20-16(22)21-13-8-12(13)11-6-4-5-7-14(11)23-15(17)18/h4-7,10,12-13,15,19H,3,8-9H2,1-2H3,(H2,20,21,22)/t10-,12-,13+/m1/s1. The molecule has 3 N–H and O–H groups in total. The van der Waals surface area contributed by atoms with E-state index >= 15 is 0 Å². The lowest BCUT2D eigenvalue weighted by Crippen LogP contribution is -2.44. The summed E-state index contributed by atoms with van der Waals surface area (Å²) in [7, 11) is 0. The Morgan fingerprint density at radius 2 is 2.13 bits per heavy atom. The normalized spacial score (nSPS) is 20.9. The van der Waals surface area contributed by atoms with Crippen molar-refractivity contribution in [3.63, 3.8) is 0 Å². The molecule has 5 nitrogen and oxygen atoms in total. The number of hydrogen-bond acceptors (Lipinski definition) is 3. The average molecular weight is 327 g/mol. The number of para-hydroxylation sites is 1. The molecule has 0 unspecified atom stereocenters. The second kappa shape index (κ2) is 8.10. The molecule has 1 saturated carbocycles. The Balaban J connectivity index is 1.82. The molecular formula is C16H23F2N3O2. The Morgan fingerprint density at radius 3 is 2.83 bits per heavy atom. The highest BCUT2D eigenvalue weighted by Gasteiger charge is 2.41. The third-order valence-corrected chi connectivity index (χ3v) is 3.76. The van der Waals surface area contributed by atoms with E-state index in [0.717, 1.165) is 13.0 Å². The summed E-state index contributed by atoms with van der Waals surface area (Å²) in [6, 6.07) is 6.62. The minimum absolute atomic E-state index is 0.0156. The molecule has 0 spiro atoms. The second-order valence-corrected chi connectivity index (χ2v) is 5.68. The lowest BCUT2D eigenvalue weighted by atomic mass is 10.1. The number of amides is 2. The van der Waals surface area contributed by atoms with E-state index in [0.29, 0.717) is 12.1 Å². The van der Waals surface area contributed by atoms with Crippen LogP contribution < -0.4 is 20.7 Å². The number of likely N-dealkylation sites (N-methyl/N-ethyl adjacent to an activating group) is 1. The molecule has 0 aliphatic heterocycles. The summed E-state index contributed by atoms with van der Waals surface area (Å²) < 4.78 is 29.4. The first-order valence-electron chi connectivity index (χ1n) is 7.82. The smallest absolute Gasteiger partial charge is 0.387 e. The summed E-state index contributed by atoms with van der Waals surface area (Å²) in [5, 5.41) is 8.85. The molecule has 7 heteroatoms. The Hall–Kier alpha value is -1.89. The number of halogens is 2. The van der Waals surface area contributed by atoms with Crippen LogP contribution in [0.4, 0.5) is 13.6 Å². The molecule has 0 aromatic heterocycles. The summed E-state index contributed by atoms with van der Waals surface area (Å²) in [5.41, 5.74) is 0.708. The molecule has 0 bridgehead atoms. The monoisotopic (exact) mass is 327 g/mol. The average Bonchev–Trinajstić information content (AvgIpc) is 3.24. The second-order valence-electron chi connectivity index (χ2n) is 5.68. The number of ether oxygens (including phenoxy) is 1. The van der Waals surface area contributed by atoms with Crippen molar-refractivity contribution >= 4 is 6.03 Å². The van der Waals surface area contributed by atoms with E-state index < -0.39 is 6.61 Å². The van der Waals surface area contributed by atoms with Gasteiger partial charge in [-0.1, -0.05) is 25.1 Å². The van der Waals surface area contributed by atoms with Crippen molar-refractivity contribution in [1.82, 2.24) is 16.0 Å². The van der Waals surface area contributed by atoms with Crippen molar-refractivity contribution in [2.24, 2.45) is 0 Å². The zero-order valence-electron chi connectivity index (χ0n) is 13.3.